The molecule has 1 saturated carbocycles. The van der Waals surface area contributed by atoms with Gasteiger partial charge in [-0.1, -0.05) is 25.0 Å². The molecule has 35 heavy (non-hydrogen) atoms. The predicted molar refractivity (Wildman–Crippen MR) is 117 cm³/mol. The van der Waals surface area contributed by atoms with Crippen molar-refractivity contribution in [3.05, 3.63) is 39.9 Å². The van der Waals surface area contributed by atoms with Gasteiger partial charge in [-0.05, 0) is 24.8 Å². The van der Waals surface area contributed by atoms with Gasteiger partial charge in [0.1, 0.15) is 6.10 Å². The van der Waals surface area contributed by atoms with E-state index in [1.807, 2.05) is 0 Å². The lowest BCUT2D eigenvalue weighted by atomic mass is 9.97. The Balaban J connectivity index is 1.66. The maximum Gasteiger partial charge on any atom is 0.490 e. The van der Waals surface area contributed by atoms with Gasteiger partial charge in [-0.15, -0.1) is 0 Å². The second-order valence-electron chi connectivity index (χ2n) is 8.12. The number of hydrogen-bond donors (Lipinski definition) is 4. The molecule has 2 unspecified atom stereocenters. The van der Waals surface area contributed by atoms with Crippen LogP contribution in [-0.4, -0.2) is 49.4 Å². The Kier molecular flexibility index (Phi) is 9.42. The van der Waals surface area contributed by atoms with Gasteiger partial charge in [0, 0.05) is 12.5 Å². The third-order valence-electron chi connectivity index (χ3n) is 5.61. The second-order valence-corrected chi connectivity index (χ2v) is 12.5. The predicted octanol–water partition coefficient (Wildman–Crippen LogP) is 3.17. The molecule has 198 valence electrons. The van der Waals surface area contributed by atoms with Crippen LogP contribution in [0.5, 0.6) is 0 Å². The monoisotopic (exact) mass is 561 g/mol. The van der Waals surface area contributed by atoms with Crippen LogP contribution < -0.4 is 0 Å². The normalized spacial score (nSPS) is 26.9. The first-order valence-corrected chi connectivity index (χ1v) is 15.0. The fourth-order valence-electron chi connectivity index (χ4n) is 4.18. The van der Waals surface area contributed by atoms with Crippen LogP contribution in [0.4, 0.5) is 5.69 Å². The summed E-state index contributed by atoms with van der Waals surface area (Å²) in [6.45, 7) is -0.789. The van der Waals surface area contributed by atoms with Crippen molar-refractivity contribution in [3.63, 3.8) is 0 Å². The van der Waals surface area contributed by atoms with Gasteiger partial charge in [-0.3, -0.25) is 14.6 Å². The number of nitrogens with zero attached hydrogens (tertiary/aromatic N) is 1. The van der Waals surface area contributed by atoms with Crippen LogP contribution in [0.3, 0.4) is 0 Å². The first-order valence-electron chi connectivity index (χ1n) is 10.5. The molecule has 1 saturated heterocycles. The van der Waals surface area contributed by atoms with Crippen LogP contribution in [-0.2, 0) is 42.9 Å². The van der Waals surface area contributed by atoms with E-state index in [9.17, 15) is 33.6 Å². The summed E-state index contributed by atoms with van der Waals surface area (Å²) in [6.07, 6.45) is 2.38. The molecule has 1 aromatic carbocycles. The first-order chi connectivity index (χ1) is 16.2. The van der Waals surface area contributed by atoms with Gasteiger partial charge in [0.25, 0.3) is 5.69 Å². The standard InChI is InChI=1S/C17H26NO14P3/c19-18(20)14-8-4-3-7-13(14)10-28-16-9-15(12-5-1-2-6-12)30-17(16)11-29-34(24,25)32-35(26,27)31-33(21,22)23/h3-4,7-8,12,15-17H,1-2,5-6,9-11H2,(H,24,25)(H,26,27)(H2,21,22,23)/t15-,16-,17-/m1/s1. The van der Waals surface area contributed by atoms with Gasteiger partial charge in [-0.2, -0.15) is 8.62 Å². The van der Waals surface area contributed by atoms with Crippen LogP contribution in [0, 0.1) is 16.0 Å². The zero-order chi connectivity index (χ0) is 25.9. The van der Waals surface area contributed by atoms with Gasteiger partial charge in [0.2, 0.25) is 0 Å². The fourth-order valence-corrected chi connectivity index (χ4v) is 7.21. The molecule has 0 aromatic heterocycles. The molecule has 15 nitrogen and oxygen atoms in total. The summed E-state index contributed by atoms with van der Waals surface area (Å²) in [5.74, 6) is 0.226. The number of benzene rings is 1. The molecule has 1 heterocycles. The van der Waals surface area contributed by atoms with Crippen LogP contribution in [0.25, 0.3) is 0 Å². The highest BCUT2D eigenvalue weighted by Gasteiger charge is 2.44. The van der Waals surface area contributed by atoms with Crippen molar-refractivity contribution in [3.8, 4) is 0 Å². The maximum absolute atomic E-state index is 12.1. The van der Waals surface area contributed by atoms with Crippen LogP contribution in [0.1, 0.15) is 37.7 Å². The zero-order valence-corrected chi connectivity index (χ0v) is 20.9. The minimum atomic E-state index is -5.65. The average molecular weight is 561 g/mol. The van der Waals surface area contributed by atoms with Crippen molar-refractivity contribution < 1.29 is 60.8 Å². The van der Waals surface area contributed by atoms with E-state index in [1.54, 1.807) is 6.07 Å². The summed E-state index contributed by atoms with van der Waals surface area (Å²) in [4.78, 5) is 47.0. The van der Waals surface area contributed by atoms with E-state index < -0.39 is 47.2 Å². The molecular weight excluding hydrogens is 535 g/mol. The summed E-state index contributed by atoms with van der Waals surface area (Å²) in [5.41, 5.74) is 0.178. The Morgan fingerprint density at radius 3 is 2.31 bits per heavy atom. The quantitative estimate of drug-likeness (QED) is 0.164. The number of nitro groups is 1. The number of nitro benzene ring substituents is 1. The molecule has 4 N–H and O–H groups in total. The van der Waals surface area contributed by atoms with Crippen molar-refractivity contribution in [1.29, 1.82) is 0 Å². The first kappa shape index (κ1) is 28.5. The summed E-state index contributed by atoms with van der Waals surface area (Å²) in [5, 5.41) is 11.3. The van der Waals surface area contributed by atoms with Crippen LogP contribution in [0.15, 0.2) is 24.3 Å². The SMILES string of the molecule is O=[N+]([O-])c1ccccc1CO[C@@H]1C[C@H](C2CCCC2)O[C@@H]1COP(=O)(O)OP(=O)(O)OP(=O)(O)O. The Bertz CT molecular complexity index is 1040. The highest BCUT2D eigenvalue weighted by atomic mass is 31.3. The van der Waals surface area contributed by atoms with Crippen molar-refractivity contribution in [2.75, 3.05) is 6.61 Å². The minimum Gasteiger partial charge on any atom is -0.370 e. The summed E-state index contributed by atoms with van der Waals surface area (Å²) in [6, 6.07) is 5.99. The van der Waals surface area contributed by atoms with Crippen molar-refractivity contribution in [2.45, 2.75) is 57.0 Å². The molecule has 2 aliphatic rings. The smallest absolute Gasteiger partial charge is 0.370 e. The molecule has 1 aliphatic carbocycles. The van der Waals surface area contributed by atoms with Crippen LogP contribution >= 0.6 is 23.5 Å². The van der Waals surface area contributed by atoms with E-state index in [1.165, 1.54) is 18.2 Å². The van der Waals surface area contributed by atoms with E-state index in [0.29, 0.717) is 12.0 Å². The number of ether oxygens (including phenoxy) is 2. The topological polar surface area (TPSA) is 221 Å². The fraction of sp³-hybridized carbons (Fsp3) is 0.647. The Hall–Kier alpha value is -1.05. The van der Waals surface area contributed by atoms with E-state index >= 15 is 0 Å². The molecule has 3 rings (SSSR count). The minimum absolute atomic E-state index is 0.136. The summed E-state index contributed by atoms with van der Waals surface area (Å²) >= 11 is 0. The molecule has 0 radical (unpaired) electrons. The molecule has 5 atom stereocenters. The van der Waals surface area contributed by atoms with Crippen LogP contribution in [0.2, 0.25) is 0 Å². The van der Waals surface area contributed by atoms with Crippen molar-refractivity contribution in [1.82, 2.24) is 0 Å². The lowest BCUT2D eigenvalue weighted by molar-refractivity contribution is -0.386. The number of para-hydroxylation sites is 1. The second kappa shape index (κ2) is 11.6. The van der Waals surface area contributed by atoms with E-state index in [0.717, 1.165) is 25.7 Å². The third kappa shape index (κ3) is 8.78. The summed E-state index contributed by atoms with van der Waals surface area (Å²) in [7, 11) is -16.5. The summed E-state index contributed by atoms with van der Waals surface area (Å²) < 4.78 is 58.4. The number of phosphoric ester groups is 1. The Morgan fingerprint density at radius 1 is 1.03 bits per heavy atom. The lowest BCUT2D eigenvalue weighted by Crippen LogP contribution is -2.29. The van der Waals surface area contributed by atoms with E-state index in [-0.39, 0.29) is 24.3 Å². The Labute approximate surface area is 199 Å². The third-order valence-corrected chi connectivity index (χ3v) is 9.42. The number of phosphoric acid groups is 3. The van der Waals surface area contributed by atoms with Crippen molar-refractivity contribution in [2.24, 2.45) is 5.92 Å². The van der Waals surface area contributed by atoms with Gasteiger partial charge in [-0.25, -0.2) is 13.7 Å². The van der Waals surface area contributed by atoms with E-state index in [4.69, 9.17) is 23.8 Å². The van der Waals surface area contributed by atoms with Gasteiger partial charge in [0.05, 0.1) is 35.9 Å². The molecule has 0 amide bonds. The largest absolute Gasteiger partial charge is 0.490 e. The van der Waals surface area contributed by atoms with Crippen molar-refractivity contribution >= 4 is 29.2 Å². The highest BCUT2D eigenvalue weighted by Crippen LogP contribution is 2.66. The zero-order valence-electron chi connectivity index (χ0n) is 18.2. The molecule has 0 bridgehead atoms. The maximum atomic E-state index is 12.1. The van der Waals surface area contributed by atoms with Gasteiger partial charge in [0.15, 0.2) is 0 Å². The van der Waals surface area contributed by atoms with Gasteiger partial charge < -0.3 is 29.0 Å². The molecule has 18 heteroatoms. The lowest BCUT2D eigenvalue weighted by Gasteiger charge is -2.22. The Morgan fingerprint density at radius 2 is 1.69 bits per heavy atom. The molecule has 2 fully saturated rings. The number of rotatable bonds is 12. The molecular formula is C17H26NO14P3. The highest BCUT2D eigenvalue weighted by molar-refractivity contribution is 7.66. The van der Waals surface area contributed by atoms with E-state index in [2.05, 4.69) is 8.62 Å². The molecule has 1 aromatic rings. The van der Waals surface area contributed by atoms with Gasteiger partial charge >= 0.3 is 23.5 Å². The average Bonchev–Trinajstić information content (AvgIpc) is 3.38. The number of hydrogen-bond acceptors (Lipinski definition) is 10. The molecule has 1 aliphatic heterocycles. The molecule has 0 spiro atoms.